The lowest BCUT2D eigenvalue weighted by atomic mass is 10.1. The molecule has 98 valence electrons. The van der Waals surface area contributed by atoms with E-state index in [-0.39, 0.29) is 5.91 Å². The Balaban J connectivity index is 1.76. The summed E-state index contributed by atoms with van der Waals surface area (Å²) in [6, 6.07) is 9.61. The predicted octanol–water partition coefficient (Wildman–Crippen LogP) is 2.16. The second kappa shape index (κ2) is 4.90. The monoisotopic (exact) mass is 256 g/mol. The third-order valence-electron chi connectivity index (χ3n) is 3.40. The fourth-order valence-electron chi connectivity index (χ4n) is 2.36. The Bertz CT molecular complexity index is 590. The zero-order valence-corrected chi connectivity index (χ0v) is 10.8. The summed E-state index contributed by atoms with van der Waals surface area (Å²) in [5.41, 5.74) is 3.24. The van der Waals surface area contributed by atoms with Gasteiger partial charge in [0, 0.05) is 25.7 Å². The molecule has 0 saturated heterocycles. The minimum Gasteiger partial charge on any atom is -0.467 e. The Morgan fingerprint density at radius 1 is 1.32 bits per heavy atom. The molecule has 0 saturated carbocycles. The Hall–Kier alpha value is -2.07. The van der Waals surface area contributed by atoms with Crippen LogP contribution in [0.5, 0.6) is 0 Å². The number of benzene rings is 1. The van der Waals surface area contributed by atoms with Gasteiger partial charge in [-0.2, -0.15) is 0 Å². The molecule has 1 aromatic heterocycles. The van der Waals surface area contributed by atoms with Gasteiger partial charge < -0.3 is 14.6 Å². The molecule has 0 radical (unpaired) electrons. The van der Waals surface area contributed by atoms with E-state index in [0.717, 1.165) is 24.4 Å². The van der Waals surface area contributed by atoms with Crippen LogP contribution in [0.1, 0.15) is 27.2 Å². The molecule has 0 bridgehead atoms. The largest absolute Gasteiger partial charge is 0.467 e. The molecule has 0 unspecified atom stereocenters. The number of fused-ring (bicyclic) bond motifs is 1. The summed E-state index contributed by atoms with van der Waals surface area (Å²) in [4.78, 5) is 14.0. The van der Waals surface area contributed by atoms with Gasteiger partial charge in [-0.05, 0) is 35.4 Å². The number of rotatable bonds is 3. The topological polar surface area (TPSA) is 45.5 Å². The molecule has 19 heavy (non-hydrogen) atoms. The highest BCUT2D eigenvalue weighted by Crippen LogP contribution is 2.18. The first-order chi connectivity index (χ1) is 9.24. The molecular formula is C15H16N2O2. The van der Waals surface area contributed by atoms with E-state index in [1.165, 1.54) is 11.1 Å². The van der Waals surface area contributed by atoms with E-state index >= 15 is 0 Å². The number of hydrogen-bond donors (Lipinski definition) is 1. The Kier molecular flexibility index (Phi) is 3.09. The highest BCUT2D eigenvalue weighted by Gasteiger charge is 2.16. The summed E-state index contributed by atoms with van der Waals surface area (Å²) in [6.07, 6.45) is 1.62. The van der Waals surface area contributed by atoms with Crippen LogP contribution in [-0.4, -0.2) is 17.9 Å². The fourth-order valence-corrected chi connectivity index (χ4v) is 2.36. The molecule has 1 aromatic carbocycles. The van der Waals surface area contributed by atoms with E-state index in [1.54, 1.807) is 18.2 Å². The maximum atomic E-state index is 12.3. The Labute approximate surface area is 112 Å². The second-order valence-corrected chi connectivity index (χ2v) is 4.83. The number of hydrogen-bond acceptors (Lipinski definition) is 3. The van der Waals surface area contributed by atoms with Crippen LogP contribution in [0.15, 0.2) is 41.0 Å². The molecule has 4 nitrogen and oxygen atoms in total. The van der Waals surface area contributed by atoms with Crippen molar-refractivity contribution in [2.75, 3.05) is 7.05 Å². The first kappa shape index (κ1) is 12.0. The smallest absolute Gasteiger partial charge is 0.254 e. The summed E-state index contributed by atoms with van der Waals surface area (Å²) in [7, 11) is 1.79. The van der Waals surface area contributed by atoms with Crippen LogP contribution in [-0.2, 0) is 19.6 Å². The number of amides is 1. The predicted molar refractivity (Wildman–Crippen MR) is 71.5 cm³/mol. The van der Waals surface area contributed by atoms with E-state index in [0.29, 0.717) is 6.54 Å². The van der Waals surface area contributed by atoms with Crippen LogP contribution >= 0.6 is 0 Å². The van der Waals surface area contributed by atoms with Crippen molar-refractivity contribution in [3.8, 4) is 0 Å². The SMILES string of the molecule is CN(Cc1ccco1)C(=O)c1ccc2c(c1)CNC2. The molecule has 1 aliphatic heterocycles. The van der Waals surface area contributed by atoms with Gasteiger partial charge in [0.2, 0.25) is 0 Å². The van der Waals surface area contributed by atoms with E-state index in [1.807, 2.05) is 30.3 Å². The Morgan fingerprint density at radius 2 is 2.16 bits per heavy atom. The molecule has 1 amide bonds. The van der Waals surface area contributed by atoms with Gasteiger partial charge in [0.15, 0.2) is 0 Å². The van der Waals surface area contributed by atoms with E-state index in [2.05, 4.69) is 5.32 Å². The molecule has 1 N–H and O–H groups in total. The first-order valence-corrected chi connectivity index (χ1v) is 6.34. The zero-order chi connectivity index (χ0) is 13.2. The normalized spacial score (nSPS) is 13.3. The zero-order valence-electron chi connectivity index (χ0n) is 10.8. The molecule has 4 heteroatoms. The van der Waals surface area contributed by atoms with Gasteiger partial charge in [-0.3, -0.25) is 4.79 Å². The maximum Gasteiger partial charge on any atom is 0.254 e. The van der Waals surface area contributed by atoms with Gasteiger partial charge in [0.1, 0.15) is 5.76 Å². The van der Waals surface area contributed by atoms with Gasteiger partial charge in [-0.15, -0.1) is 0 Å². The van der Waals surface area contributed by atoms with Crippen LogP contribution in [0.4, 0.5) is 0 Å². The average molecular weight is 256 g/mol. The summed E-state index contributed by atoms with van der Waals surface area (Å²) in [5, 5.41) is 3.28. The summed E-state index contributed by atoms with van der Waals surface area (Å²) in [6.45, 7) is 2.23. The lowest BCUT2D eigenvalue weighted by molar-refractivity contribution is 0.0775. The van der Waals surface area contributed by atoms with Crippen molar-refractivity contribution in [1.29, 1.82) is 0 Å². The van der Waals surface area contributed by atoms with Crippen LogP contribution in [0.25, 0.3) is 0 Å². The van der Waals surface area contributed by atoms with Crippen molar-refractivity contribution < 1.29 is 9.21 Å². The van der Waals surface area contributed by atoms with Gasteiger partial charge in [0.25, 0.3) is 5.91 Å². The molecule has 3 rings (SSSR count). The van der Waals surface area contributed by atoms with Crippen LogP contribution < -0.4 is 5.32 Å². The highest BCUT2D eigenvalue weighted by molar-refractivity contribution is 5.94. The van der Waals surface area contributed by atoms with Gasteiger partial charge in [0.05, 0.1) is 12.8 Å². The molecule has 0 aliphatic carbocycles. The molecular weight excluding hydrogens is 240 g/mol. The van der Waals surface area contributed by atoms with Crippen LogP contribution in [0, 0.1) is 0 Å². The molecule has 2 aromatic rings. The average Bonchev–Trinajstić information content (AvgIpc) is 3.07. The summed E-state index contributed by atoms with van der Waals surface area (Å²) in [5.74, 6) is 0.810. The third-order valence-corrected chi connectivity index (χ3v) is 3.40. The van der Waals surface area contributed by atoms with Gasteiger partial charge >= 0.3 is 0 Å². The molecule has 2 heterocycles. The van der Waals surface area contributed by atoms with Crippen molar-refractivity contribution >= 4 is 5.91 Å². The van der Waals surface area contributed by atoms with E-state index in [4.69, 9.17) is 4.42 Å². The molecule has 1 aliphatic rings. The number of nitrogens with one attached hydrogen (secondary N) is 1. The van der Waals surface area contributed by atoms with E-state index < -0.39 is 0 Å². The van der Waals surface area contributed by atoms with Crippen molar-refractivity contribution in [3.05, 3.63) is 59.0 Å². The minimum absolute atomic E-state index is 0.0195. The van der Waals surface area contributed by atoms with Crippen molar-refractivity contribution in [3.63, 3.8) is 0 Å². The summed E-state index contributed by atoms with van der Waals surface area (Å²) < 4.78 is 5.26. The second-order valence-electron chi connectivity index (χ2n) is 4.83. The number of carbonyl (C=O) groups is 1. The molecule has 0 spiro atoms. The van der Waals surface area contributed by atoms with Crippen molar-refractivity contribution in [1.82, 2.24) is 10.2 Å². The highest BCUT2D eigenvalue weighted by atomic mass is 16.3. The lowest BCUT2D eigenvalue weighted by Crippen LogP contribution is -2.26. The number of furan rings is 1. The minimum atomic E-state index is 0.0195. The quantitative estimate of drug-likeness (QED) is 0.915. The van der Waals surface area contributed by atoms with Crippen LogP contribution in [0.3, 0.4) is 0 Å². The van der Waals surface area contributed by atoms with Crippen molar-refractivity contribution in [2.24, 2.45) is 0 Å². The lowest BCUT2D eigenvalue weighted by Gasteiger charge is -2.16. The number of nitrogens with zero attached hydrogens (tertiary/aromatic N) is 1. The first-order valence-electron chi connectivity index (χ1n) is 6.34. The number of carbonyl (C=O) groups excluding carboxylic acids is 1. The van der Waals surface area contributed by atoms with Gasteiger partial charge in [-0.25, -0.2) is 0 Å². The standard InChI is InChI=1S/C15H16N2O2/c1-17(10-14-3-2-6-19-14)15(18)11-4-5-12-8-16-9-13(12)7-11/h2-7,16H,8-10H2,1H3. The van der Waals surface area contributed by atoms with Crippen molar-refractivity contribution in [2.45, 2.75) is 19.6 Å². The summed E-state index contributed by atoms with van der Waals surface area (Å²) >= 11 is 0. The maximum absolute atomic E-state index is 12.3. The van der Waals surface area contributed by atoms with Crippen LogP contribution in [0.2, 0.25) is 0 Å². The third kappa shape index (κ3) is 2.39. The Morgan fingerprint density at radius 3 is 2.95 bits per heavy atom. The molecule has 0 atom stereocenters. The van der Waals surface area contributed by atoms with E-state index in [9.17, 15) is 4.79 Å². The fraction of sp³-hybridized carbons (Fsp3) is 0.267. The molecule has 0 fully saturated rings. The van der Waals surface area contributed by atoms with Gasteiger partial charge in [-0.1, -0.05) is 6.07 Å².